The molecule has 3 heteroatoms. The van der Waals surface area contributed by atoms with Crippen molar-refractivity contribution in [2.24, 2.45) is 0 Å². The van der Waals surface area contributed by atoms with Gasteiger partial charge < -0.3 is 10.2 Å². The molecule has 0 bridgehead atoms. The maximum Gasteiger partial charge on any atom is 0.0565 e. The molecule has 1 saturated heterocycles. The van der Waals surface area contributed by atoms with Crippen LogP contribution in [0.25, 0.3) is 0 Å². The lowest BCUT2D eigenvalue weighted by molar-refractivity contribution is 0.724. The van der Waals surface area contributed by atoms with Gasteiger partial charge in [-0.1, -0.05) is 18.8 Å². The van der Waals surface area contributed by atoms with Gasteiger partial charge in [-0.25, -0.2) is 0 Å². The van der Waals surface area contributed by atoms with Crippen LogP contribution < -0.4 is 10.2 Å². The summed E-state index contributed by atoms with van der Waals surface area (Å²) in [5.74, 6) is 6.22. The third-order valence-corrected chi connectivity index (χ3v) is 2.84. The van der Waals surface area contributed by atoms with Crippen molar-refractivity contribution in [2.75, 3.05) is 31.1 Å². The Balaban J connectivity index is 2.13. The Kier molecular flexibility index (Phi) is 4.40. The Labute approximate surface area is 103 Å². The van der Waals surface area contributed by atoms with Gasteiger partial charge in [0.2, 0.25) is 0 Å². The molecule has 0 unspecified atom stereocenters. The molecule has 0 aliphatic carbocycles. The topological polar surface area (TPSA) is 28.2 Å². The monoisotopic (exact) mass is 229 g/mol. The van der Waals surface area contributed by atoms with Crippen LogP contribution in [-0.4, -0.2) is 31.2 Å². The predicted octanol–water partition coefficient (Wildman–Crippen LogP) is 1.64. The van der Waals surface area contributed by atoms with E-state index >= 15 is 0 Å². The van der Waals surface area contributed by atoms with Gasteiger partial charge in [0.1, 0.15) is 0 Å². The van der Waals surface area contributed by atoms with Crippen molar-refractivity contribution in [3.63, 3.8) is 0 Å². The van der Waals surface area contributed by atoms with Gasteiger partial charge in [0, 0.05) is 37.8 Å². The Bertz CT molecular complexity index is 409. The highest BCUT2D eigenvalue weighted by Gasteiger charge is 2.09. The molecule has 1 N–H and O–H groups in total. The van der Waals surface area contributed by atoms with Gasteiger partial charge in [0.05, 0.1) is 11.9 Å². The molecule has 0 amide bonds. The van der Waals surface area contributed by atoms with Crippen molar-refractivity contribution in [3.8, 4) is 11.8 Å². The number of nitrogens with zero attached hydrogens (tertiary/aromatic N) is 2. The molecular weight excluding hydrogens is 210 g/mol. The zero-order valence-corrected chi connectivity index (χ0v) is 10.4. The quantitative estimate of drug-likeness (QED) is 0.742. The fourth-order valence-electron chi connectivity index (χ4n) is 1.96. The van der Waals surface area contributed by atoms with E-state index in [-0.39, 0.29) is 0 Å². The highest BCUT2D eigenvalue weighted by molar-refractivity contribution is 5.50. The van der Waals surface area contributed by atoms with Crippen molar-refractivity contribution in [1.82, 2.24) is 10.3 Å². The lowest BCUT2D eigenvalue weighted by Crippen LogP contribution is -2.27. The van der Waals surface area contributed by atoms with Crippen LogP contribution in [0.5, 0.6) is 0 Å². The molecule has 0 spiro atoms. The van der Waals surface area contributed by atoms with E-state index in [1.807, 2.05) is 12.4 Å². The third kappa shape index (κ3) is 3.47. The van der Waals surface area contributed by atoms with E-state index in [1.165, 1.54) is 12.1 Å². The van der Waals surface area contributed by atoms with Crippen LogP contribution in [0.3, 0.4) is 0 Å². The Hall–Kier alpha value is -1.53. The van der Waals surface area contributed by atoms with E-state index in [1.54, 1.807) is 0 Å². The molecule has 2 rings (SSSR count). The standard InChI is InChI=1S/C14H19N3/c1-2-3-5-13-10-14(12-16-11-13)17-8-4-6-15-7-9-17/h10-12,15H,2,4,6-9H2,1H3. The van der Waals surface area contributed by atoms with Crippen molar-refractivity contribution in [1.29, 1.82) is 0 Å². The SMILES string of the molecule is CCC#Cc1cncc(N2CCCNCC2)c1. The summed E-state index contributed by atoms with van der Waals surface area (Å²) in [6.07, 6.45) is 5.84. The largest absolute Gasteiger partial charge is 0.369 e. The summed E-state index contributed by atoms with van der Waals surface area (Å²) in [4.78, 5) is 6.66. The number of aromatic nitrogens is 1. The molecule has 2 heterocycles. The van der Waals surface area contributed by atoms with E-state index in [4.69, 9.17) is 0 Å². The fraction of sp³-hybridized carbons (Fsp3) is 0.500. The zero-order chi connectivity index (χ0) is 11.9. The number of rotatable bonds is 1. The number of anilines is 1. The second-order valence-electron chi connectivity index (χ2n) is 4.18. The average Bonchev–Trinajstić information content (AvgIpc) is 2.65. The molecule has 0 saturated carbocycles. The van der Waals surface area contributed by atoms with Crippen LogP contribution in [0.1, 0.15) is 25.3 Å². The minimum atomic E-state index is 0.887. The van der Waals surface area contributed by atoms with E-state index in [0.717, 1.165) is 38.2 Å². The first kappa shape index (κ1) is 11.9. The number of nitrogens with one attached hydrogen (secondary N) is 1. The van der Waals surface area contributed by atoms with Gasteiger partial charge in [-0.15, -0.1) is 0 Å². The first-order chi connectivity index (χ1) is 8.40. The van der Waals surface area contributed by atoms with Crippen molar-refractivity contribution < 1.29 is 0 Å². The molecular formula is C14H19N3. The number of pyridine rings is 1. The minimum absolute atomic E-state index is 0.887. The summed E-state index contributed by atoms with van der Waals surface area (Å²) in [6, 6.07) is 2.14. The van der Waals surface area contributed by atoms with Crippen LogP contribution in [0.4, 0.5) is 5.69 Å². The summed E-state index contributed by atoms with van der Waals surface area (Å²) in [5.41, 5.74) is 2.21. The Morgan fingerprint density at radius 2 is 2.29 bits per heavy atom. The van der Waals surface area contributed by atoms with Crippen LogP contribution in [0.15, 0.2) is 18.5 Å². The first-order valence-electron chi connectivity index (χ1n) is 6.29. The molecule has 1 aliphatic rings. The van der Waals surface area contributed by atoms with E-state index in [2.05, 4.69) is 40.0 Å². The normalized spacial score (nSPS) is 15.9. The Morgan fingerprint density at radius 3 is 3.18 bits per heavy atom. The summed E-state index contributed by atoms with van der Waals surface area (Å²) in [5, 5.41) is 3.41. The molecule has 1 aromatic heterocycles. The van der Waals surface area contributed by atoms with Crippen molar-refractivity contribution >= 4 is 5.69 Å². The van der Waals surface area contributed by atoms with Gasteiger partial charge in [-0.3, -0.25) is 4.98 Å². The van der Waals surface area contributed by atoms with E-state index < -0.39 is 0 Å². The van der Waals surface area contributed by atoms with Gasteiger partial charge in [-0.2, -0.15) is 0 Å². The highest BCUT2D eigenvalue weighted by Crippen LogP contribution is 2.15. The molecule has 0 aromatic carbocycles. The molecule has 1 aliphatic heterocycles. The summed E-state index contributed by atoms with van der Waals surface area (Å²) < 4.78 is 0. The van der Waals surface area contributed by atoms with Crippen LogP contribution in [-0.2, 0) is 0 Å². The van der Waals surface area contributed by atoms with E-state index in [0.29, 0.717) is 0 Å². The molecule has 17 heavy (non-hydrogen) atoms. The number of hydrogen-bond acceptors (Lipinski definition) is 3. The summed E-state index contributed by atoms with van der Waals surface area (Å²) >= 11 is 0. The maximum absolute atomic E-state index is 4.28. The molecule has 90 valence electrons. The van der Waals surface area contributed by atoms with Crippen LogP contribution in [0, 0.1) is 11.8 Å². The number of hydrogen-bond donors (Lipinski definition) is 1. The second-order valence-corrected chi connectivity index (χ2v) is 4.18. The van der Waals surface area contributed by atoms with Crippen molar-refractivity contribution in [3.05, 3.63) is 24.0 Å². The molecule has 1 fully saturated rings. The van der Waals surface area contributed by atoms with Crippen LogP contribution >= 0.6 is 0 Å². The van der Waals surface area contributed by atoms with Gasteiger partial charge in [0.25, 0.3) is 0 Å². The van der Waals surface area contributed by atoms with Gasteiger partial charge in [0.15, 0.2) is 0 Å². The summed E-state index contributed by atoms with van der Waals surface area (Å²) in [6.45, 7) is 6.36. The smallest absolute Gasteiger partial charge is 0.0565 e. The highest BCUT2D eigenvalue weighted by atomic mass is 15.2. The molecule has 3 nitrogen and oxygen atoms in total. The third-order valence-electron chi connectivity index (χ3n) is 2.84. The van der Waals surface area contributed by atoms with Crippen LogP contribution in [0.2, 0.25) is 0 Å². The summed E-state index contributed by atoms with van der Waals surface area (Å²) in [7, 11) is 0. The minimum Gasteiger partial charge on any atom is -0.369 e. The van der Waals surface area contributed by atoms with E-state index in [9.17, 15) is 0 Å². The predicted molar refractivity (Wildman–Crippen MR) is 71.1 cm³/mol. The first-order valence-corrected chi connectivity index (χ1v) is 6.29. The lowest BCUT2D eigenvalue weighted by Gasteiger charge is -2.21. The molecule has 0 atom stereocenters. The lowest BCUT2D eigenvalue weighted by atomic mass is 10.2. The Morgan fingerprint density at radius 1 is 1.35 bits per heavy atom. The average molecular weight is 229 g/mol. The second kappa shape index (κ2) is 6.27. The molecule has 0 radical (unpaired) electrons. The zero-order valence-electron chi connectivity index (χ0n) is 10.4. The van der Waals surface area contributed by atoms with Gasteiger partial charge >= 0.3 is 0 Å². The maximum atomic E-state index is 4.28. The fourth-order valence-corrected chi connectivity index (χ4v) is 1.96. The van der Waals surface area contributed by atoms with Crippen molar-refractivity contribution in [2.45, 2.75) is 19.8 Å². The molecule has 1 aromatic rings. The van der Waals surface area contributed by atoms with Gasteiger partial charge in [-0.05, 0) is 19.0 Å².